The fraction of sp³-hybridized carbons (Fsp3) is 0.0952. The number of thiophene rings is 1. The highest BCUT2D eigenvalue weighted by molar-refractivity contribution is 7.18. The van der Waals surface area contributed by atoms with Crippen LogP contribution in [0.25, 0.3) is 17.4 Å². The van der Waals surface area contributed by atoms with Gasteiger partial charge in [-0.25, -0.2) is 4.79 Å². The van der Waals surface area contributed by atoms with Gasteiger partial charge in [0.15, 0.2) is 0 Å². The van der Waals surface area contributed by atoms with Gasteiger partial charge < -0.3 is 14.5 Å². The number of benzene rings is 1. The number of nitriles is 1. The number of carbonyl (C=O) groups is 2. The third-order valence-electron chi connectivity index (χ3n) is 4.09. The van der Waals surface area contributed by atoms with Crippen molar-refractivity contribution in [2.24, 2.45) is 0 Å². The number of amides is 1. The van der Waals surface area contributed by atoms with E-state index in [1.807, 2.05) is 6.07 Å². The van der Waals surface area contributed by atoms with Crippen molar-refractivity contribution in [2.75, 3.05) is 12.4 Å². The molecule has 0 fully saturated rings. The molecule has 2 heterocycles. The molecule has 9 heteroatoms. The number of furan rings is 1. The number of methoxy groups -OCH3 is 1. The first-order chi connectivity index (χ1) is 14.3. The van der Waals surface area contributed by atoms with Crippen LogP contribution in [-0.4, -0.2) is 19.0 Å². The fourth-order valence-electron chi connectivity index (χ4n) is 2.61. The summed E-state index contributed by atoms with van der Waals surface area (Å²) in [6, 6.07) is 10.5. The monoisotopic (exact) mass is 460 g/mol. The molecule has 1 amide bonds. The molecule has 1 N–H and O–H groups in total. The molecule has 1 aromatic carbocycles. The average molecular weight is 461 g/mol. The fourth-order valence-corrected chi connectivity index (χ4v) is 4.19. The van der Waals surface area contributed by atoms with Gasteiger partial charge in [-0.1, -0.05) is 23.2 Å². The number of hydrogen-bond donors (Lipinski definition) is 1. The second-order valence-corrected chi connectivity index (χ2v) is 7.88. The topological polar surface area (TPSA) is 92.3 Å². The van der Waals surface area contributed by atoms with E-state index in [-0.39, 0.29) is 15.4 Å². The standard InChI is InChI=1S/C21H14Cl2N2O4S/c1-11-15(10-24)20(30-19(11)21(27)28-2)25-18(26)8-5-13-4-7-17(29-13)14-6-3-12(22)9-16(14)23/h3-9H,1-2H3,(H,25,26)/b8-5+. The minimum atomic E-state index is -0.561. The lowest BCUT2D eigenvalue weighted by atomic mass is 10.2. The van der Waals surface area contributed by atoms with Crippen molar-refractivity contribution in [3.8, 4) is 17.4 Å². The normalized spacial score (nSPS) is 10.8. The number of carbonyl (C=O) groups excluding carboxylic acids is 2. The van der Waals surface area contributed by atoms with Crippen LogP contribution in [0, 0.1) is 18.3 Å². The van der Waals surface area contributed by atoms with Crippen LogP contribution in [0.4, 0.5) is 5.00 Å². The van der Waals surface area contributed by atoms with Gasteiger partial charge in [0, 0.05) is 16.7 Å². The van der Waals surface area contributed by atoms with Gasteiger partial charge in [0.05, 0.1) is 17.7 Å². The number of anilines is 1. The zero-order valence-corrected chi connectivity index (χ0v) is 18.1. The summed E-state index contributed by atoms with van der Waals surface area (Å²) in [4.78, 5) is 24.4. The van der Waals surface area contributed by atoms with Crippen LogP contribution in [-0.2, 0) is 9.53 Å². The molecule has 3 aromatic rings. The molecule has 0 saturated heterocycles. The van der Waals surface area contributed by atoms with Crippen LogP contribution in [0.3, 0.4) is 0 Å². The van der Waals surface area contributed by atoms with E-state index in [2.05, 4.69) is 5.32 Å². The Labute approximate surface area is 186 Å². The number of nitrogens with one attached hydrogen (secondary N) is 1. The highest BCUT2D eigenvalue weighted by Gasteiger charge is 2.21. The molecule has 0 radical (unpaired) electrons. The van der Waals surface area contributed by atoms with Crippen molar-refractivity contribution in [3.63, 3.8) is 0 Å². The SMILES string of the molecule is COC(=O)c1sc(NC(=O)/C=C/c2ccc(-c3ccc(Cl)cc3Cl)o2)c(C#N)c1C. The van der Waals surface area contributed by atoms with Crippen LogP contribution in [0.15, 0.2) is 40.8 Å². The highest BCUT2D eigenvalue weighted by atomic mass is 35.5. The van der Waals surface area contributed by atoms with Gasteiger partial charge >= 0.3 is 5.97 Å². The Hall–Kier alpha value is -3.05. The third kappa shape index (κ3) is 4.57. The van der Waals surface area contributed by atoms with Gasteiger partial charge in [-0.3, -0.25) is 4.79 Å². The number of hydrogen-bond acceptors (Lipinski definition) is 6. The summed E-state index contributed by atoms with van der Waals surface area (Å²) in [6.45, 7) is 1.62. The third-order valence-corrected chi connectivity index (χ3v) is 5.82. The van der Waals surface area contributed by atoms with Gasteiger partial charge in [0.1, 0.15) is 27.5 Å². The predicted octanol–water partition coefficient (Wildman–Crippen LogP) is 5.93. The zero-order valence-electron chi connectivity index (χ0n) is 15.8. The molecule has 152 valence electrons. The zero-order chi connectivity index (χ0) is 21.8. The maximum Gasteiger partial charge on any atom is 0.348 e. The molecule has 0 spiro atoms. The second-order valence-electron chi connectivity index (χ2n) is 6.01. The summed E-state index contributed by atoms with van der Waals surface area (Å²) in [7, 11) is 1.25. The molecule has 0 saturated carbocycles. The molecule has 6 nitrogen and oxygen atoms in total. The lowest BCUT2D eigenvalue weighted by molar-refractivity contribution is -0.111. The summed E-state index contributed by atoms with van der Waals surface area (Å²) >= 11 is 13.1. The van der Waals surface area contributed by atoms with Crippen LogP contribution >= 0.6 is 34.5 Å². The Balaban J connectivity index is 1.75. The first kappa shape index (κ1) is 21.7. The highest BCUT2D eigenvalue weighted by Crippen LogP contribution is 2.33. The molecule has 2 aromatic heterocycles. The number of ether oxygens (including phenoxy) is 1. The predicted molar refractivity (Wildman–Crippen MR) is 117 cm³/mol. The van der Waals surface area contributed by atoms with Crippen molar-refractivity contribution in [3.05, 3.63) is 68.2 Å². The Kier molecular flexibility index (Phi) is 6.63. The molecular formula is C21H14Cl2N2O4S. The smallest absolute Gasteiger partial charge is 0.348 e. The molecule has 0 bridgehead atoms. The van der Waals surface area contributed by atoms with Gasteiger partial charge in [-0.2, -0.15) is 5.26 Å². The molecule has 0 aliphatic heterocycles. The van der Waals surface area contributed by atoms with E-state index >= 15 is 0 Å². The molecule has 3 rings (SSSR count). The van der Waals surface area contributed by atoms with E-state index in [0.717, 1.165) is 11.3 Å². The minimum absolute atomic E-state index is 0.222. The number of nitrogens with zero attached hydrogens (tertiary/aromatic N) is 1. The maximum atomic E-state index is 12.3. The summed E-state index contributed by atoms with van der Waals surface area (Å²) < 4.78 is 10.4. The van der Waals surface area contributed by atoms with Crippen molar-refractivity contribution in [1.29, 1.82) is 5.26 Å². The van der Waals surface area contributed by atoms with Crippen LogP contribution in [0.2, 0.25) is 10.0 Å². The Morgan fingerprint density at radius 3 is 2.70 bits per heavy atom. The van der Waals surface area contributed by atoms with Crippen molar-refractivity contribution >= 4 is 57.5 Å². The lowest BCUT2D eigenvalue weighted by Gasteiger charge is -2.01. The summed E-state index contributed by atoms with van der Waals surface area (Å²) in [5.74, 6) is -0.0787. The molecule has 0 aliphatic rings. The Morgan fingerprint density at radius 1 is 1.27 bits per heavy atom. The van der Waals surface area contributed by atoms with E-state index in [4.69, 9.17) is 32.4 Å². The number of halogens is 2. The van der Waals surface area contributed by atoms with Crippen LogP contribution in [0.5, 0.6) is 0 Å². The van der Waals surface area contributed by atoms with E-state index in [1.54, 1.807) is 37.3 Å². The average Bonchev–Trinajstić information content (AvgIpc) is 3.30. The number of esters is 1. The van der Waals surface area contributed by atoms with Crippen LogP contribution < -0.4 is 5.32 Å². The summed E-state index contributed by atoms with van der Waals surface area (Å²) in [5.41, 5.74) is 1.36. The Bertz CT molecular complexity index is 1200. The van der Waals surface area contributed by atoms with Crippen molar-refractivity contribution < 1.29 is 18.7 Å². The molecule has 0 atom stereocenters. The largest absolute Gasteiger partial charge is 0.465 e. The minimum Gasteiger partial charge on any atom is -0.465 e. The first-order valence-corrected chi connectivity index (χ1v) is 10.1. The molecule has 0 aliphatic carbocycles. The van der Waals surface area contributed by atoms with E-state index < -0.39 is 11.9 Å². The van der Waals surface area contributed by atoms with Gasteiger partial charge in [-0.15, -0.1) is 11.3 Å². The van der Waals surface area contributed by atoms with Gasteiger partial charge in [0.25, 0.3) is 0 Å². The summed E-state index contributed by atoms with van der Waals surface area (Å²) in [6.07, 6.45) is 2.75. The van der Waals surface area contributed by atoms with Crippen LogP contribution in [0.1, 0.15) is 26.6 Å². The molecular weight excluding hydrogens is 447 g/mol. The molecule has 0 unspecified atom stereocenters. The maximum absolute atomic E-state index is 12.3. The summed E-state index contributed by atoms with van der Waals surface area (Å²) in [5, 5.41) is 13.2. The Morgan fingerprint density at radius 2 is 2.03 bits per heavy atom. The van der Waals surface area contributed by atoms with Gasteiger partial charge in [0.2, 0.25) is 5.91 Å². The van der Waals surface area contributed by atoms with Gasteiger partial charge in [-0.05, 0) is 48.9 Å². The van der Waals surface area contributed by atoms with E-state index in [9.17, 15) is 14.9 Å². The lowest BCUT2D eigenvalue weighted by Crippen LogP contribution is -2.07. The van der Waals surface area contributed by atoms with E-state index in [0.29, 0.717) is 32.7 Å². The second kappa shape index (κ2) is 9.18. The molecule has 30 heavy (non-hydrogen) atoms. The van der Waals surface area contributed by atoms with E-state index in [1.165, 1.54) is 19.3 Å². The first-order valence-electron chi connectivity index (χ1n) is 8.50. The van der Waals surface area contributed by atoms with Crippen molar-refractivity contribution in [1.82, 2.24) is 0 Å². The van der Waals surface area contributed by atoms with Crippen molar-refractivity contribution in [2.45, 2.75) is 6.92 Å². The number of rotatable bonds is 5. The quantitative estimate of drug-likeness (QED) is 0.375.